The van der Waals surface area contributed by atoms with Gasteiger partial charge in [0.2, 0.25) is 4.77 Å². The molecule has 2 aromatic carbocycles. The Hall–Kier alpha value is -3.23. The van der Waals surface area contributed by atoms with E-state index in [4.69, 9.17) is 28.6 Å². The molecule has 2 aromatic heterocycles. The Bertz CT molecular complexity index is 1190. The molecule has 0 aliphatic carbocycles. The van der Waals surface area contributed by atoms with Crippen LogP contribution in [0.1, 0.15) is 11.1 Å². The molecule has 0 radical (unpaired) electrons. The van der Waals surface area contributed by atoms with Gasteiger partial charge in [0, 0.05) is 23.5 Å². The van der Waals surface area contributed by atoms with Gasteiger partial charge in [-0.05, 0) is 54.2 Å². The second-order valence-electron chi connectivity index (χ2n) is 6.43. The van der Waals surface area contributed by atoms with Crippen molar-refractivity contribution in [2.24, 2.45) is 0 Å². The zero-order chi connectivity index (χ0) is 20.9. The molecule has 0 atom stereocenters. The fourth-order valence-electron chi connectivity index (χ4n) is 2.81. The lowest BCUT2D eigenvalue weighted by molar-refractivity contribution is 0.306. The van der Waals surface area contributed by atoms with Crippen LogP contribution in [0.4, 0.5) is 4.39 Å². The molecule has 0 saturated heterocycles. The van der Waals surface area contributed by atoms with Gasteiger partial charge in [0.1, 0.15) is 18.2 Å². The van der Waals surface area contributed by atoms with Crippen LogP contribution in [0, 0.1) is 10.6 Å². The number of pyridine rings is 1. The minimum absolute atomic E-state index is 0.260. The van der Waals surface area contributed by atoms with E-state index in [-0.39, 0.29) is 12.4 Å². The number of ether oxygens (including phenoxy) is 1. The minimum Gasteiger partial charge on any atom is -0.489 e. The number of hydrogen-bond acceptors (Lipinski definition) is 5. The fraction of sp³-hybridized carbons (Fsp3) is 0.0952. The van der Waals surface area contributed by atoms with Gasteiger partial charge in [0.25, 0.3) is 0 Å². The molecule has 6 nitrogen and oxygen atoms in total. The van der Waals surface area contributed by atoms with Gasteiger partial charge < -0.3 is 10.2 Å². The first-order valence-corrected chi connectivity index (χ1v) is 9.86. The summed E-state index contributed by atoms with van der Waals surface area (Å²) in [7, 11) is 0. The minimum atomic E-state index is -0.370. The van der Waals surface area contributed by atoms with Crippen molar-refractivity contribution >= 4 is 23.8 Å². The maximum Gasteiger partial charge on any atom is 0.214 e. The molecule has 2 N–H and O–H groups in total. The van der Waals surface area contributed by atoms with E-state index in [1.807, 2.05) is 36.4 Å². The van der Waals surface area contributed by atoms with Crippen molar-refractivity contribution in [1.82, 2.24) is 19.9 Å². The lowest BCUT2D eigenvalue weighted by atomic mass is 10.2. The maximum atomic E-state index is 13.1. The largest absolute Gasteiger partial charge is 0.489 e. The Morgan fingerprint density at radius 1 is 1.10 bits per heavy atom. The van der Waals surface area contributed by atoms with Gasteiger partial charge in [-0.2, -0.15) is 5.10 Å². The molecular formula is C21H17ClFN5OS. The third-order valence-corrected chi connectivity index (χ3v) is 5.01. The third-order valence-electron chi connectivity index (χ3n) is 4.38. The second kappa shape index (κ2) is 9.06. The average Bonchev–Trinajstić information content (AvgIpc) is 3.13. The number of benzene rings is 2. The highest BCUT2D eigenvalue weighted by atomic mass is 35.5. The number of nitrogens with zero attached hydrogens (tertiary/aromatic N) is 3. The van der Waals surface area contributed by atoms with Gasteiger partial charge in [-0.15, -0.1) is 0 Å². The lowest BCUT2D eigenvalue weighted by Gasteiger charge is -2.11. The monoisotopic (exact) mass is 441 g/mol. The summed E-state index contributed by atoms with van der Waals surface area (Å²) in [5.74, 6) is 1.00. The van der Waals surface area contributed by atoms with Crippen LogP contribution in [0.2, 0.25) is 5.02 Å². The van der Waals surface area contributed by atoms with Crippen molar-refractivity contribution in [1.29, 1.82) is 0 Å². The van der Waals surface area contributed by atoms with E-state index in [1.54, 1.807) is 23.1 Å². The first-order valence-electron chi connectivity index (χ1n) is 9.07. The Morgan fingerprint density at radius 3 is 2.60 bits per heavy atom. The summed E-state index contributed by atoms with van der Waals surface area (Å²) in [6, 6.07) is 15.6. The van der Waals surface area contributed by atoms with E-state index in [2.05, 4.69) is 20.6 Å². The number of aromatic nitrogens is 4. The first kappa shape index (κ1) is 20.1. The summed E-state index contributed by atoms with van der Waals surface area (Å²) in [6.07, 6.45) is 3.41. The van der Waals surface area contributed by atoms with E-state index in [0.29, 0.717) is 27.9 Å². The van der Waals surface area contributed by atoms with Gasteiger partial charge in [-0.3, -0.25) is 4.98 Å². The number of rotatable bonds is 7. The maximum absolute atomic E-state index is 13.1. The summed E-state index contributed by atoms with van der Waals surface area (Å²) in [5, 5.41) is 7.42. The summed E-state index contributed by atoms with van der Waals surface area (Å²) in [6.45, 7) is 0.798. The van der Waals surface area contributed by atoms with Gasteiger partial charge in [-0.1, -0.05) is 29.8 Å². The first-order chi connectivity index (χ1) is 14.6. The molecular weight excluding hydrogens is 425 g/mol. The van der Waals surface area contributed by atoms with Crippen LogP contribution in [-0.4, -0.2) is 19.9 Å². The summed E-state index contributed by atoms with van der Waals surface area (Å²) in [4.78, 5) is 4.02. The van der Waals surface area contributed by atoms with Crippen LogP contribution in [0.5, 0.6) is 5.75 Å². The van der Waals surface area contributed by atoms with Crippen molar-refractivity contribution in [3.05, 3.63) is 93.7 Å². The van der Waals surface area contributed by atoms with Crippen LogP contribution >= 0.6 is 23.8 Å². The highest BCUT2D eigenvalue weighted by Gasteiger charge is 2.08. The highest BCUT2D eigenvalue weighted by molar-refractivity contribution is 7.71. The molecule has 0 bridgehead atoms. The van der Waals surface area contributed by atoms with Crippen molar-refractivity contribution in [3.63, 3.8) is 0 Å². The van der Waals surface area contributed by atoms with Gasteiger partial charge >= 0.3 is 0 Å². The number of H-pyrrole nitrogens is 1. The predicted octanol–water partition coefficient (Wildman–Crippen LogP) is 5.12. The van der Waals surface area contributed by atoms with Gasteiger partial charge in [-0.25, -0.2) is 14.2 Å². The number of halogens is 2. The number of hydrogen-bond donors (Lipinski definition) is 2. The number of nitrogens with one attached hydrogen (secondary N) is 2. The van der Waals surface area contributed by atoms with Crippen molar-refractivity contribution in [2.75, 3.05) is 5.43 Å². The summed E-state index contributed by atoms with van der Waals surface area (Å²) >= 11 is 11.4. The van der Waals surface area contributed by atoms with E-state index in [1.165, 1.54) is 12.1 Å². The quantitative estimate of drug-likeness (QED) is 0.390. The van der Waals surface area contributed by atoms with E-state index >= 15 is 0 Å². The van der Waals surface area contributed by atoms with E-state index < -0.39 is 0 Å². The van der Waals surface area contributed by atoms with Crippen LogP contribution in [-0.2, 0) is 13.2 Å². The zero-order valence-electron chi connectivity index (χ0n) is 15.7. The molecule has 0 saturated carbocycles. The van der Waals surface area contributed by atoms with E-state index in [9.17, 15) is 4.39 Å². The predicted molar refractivity (Wildman–Crippen MR) is 116 cm³/mol. The summed E-state index contributed by atoms with van der Waals surface area (Å²) < 4.78 is 21.1. The van der Waals surface area contributed by atoms with Crippen LogP contribution in [0.25, 0.3) is 11.4 Å². The third kappa shape index (κ3) is 4.67. The van der Waals surface area contributed by atoms with Gasteiger partial charge in [0.05, 0.1) is 11.6 Å². The number of aromatic amines is 1. The zero-order valence-corrected chi connectivity index (χ0v) is 17.3. The van der Waals surface area contributed by atoms with E-state index in [0.717, 1.165) is 16.7 Å². The Labute approximate surface area is 182 Å². The second-order valence-corrected chi connectivity index (χ2v) is 7.22. The van der Waals surface area contributed by atoms with Crippen molar-refractivity contribution in [2.45, 2.75) is 13.2 Å². The molecule has 30 heavy (non-hydrogen) atoms. The highest BCUT2D eigenvalue weighted by Crippen LogP contribution is 2.21. The van der Waals surface area contributed by atoms with Crippen molar-refractivity contribution in [3.8, 4) is 17.1 Å². The van der Waals surface area contributed by atoms with Crippen LogP contribution < -0.4 is 10.2 Å². The molecule has 0 spiro atoms. The van der Waals surface area contributed by atoms with Gasteiger partial charge in [0.15, 0.2) is 5.82 Å². The molecule has 0 aliphatic heterocycles. The molecule has 152 valence electrons. The Kier molecular flexibility index (Phi) is 6.06. The standard InChI is InChI=1S/C21H17ClFN5OS/c22-19-11-17(23)4-3-16(19)13-29-18-5-1-14(2-6-18)12-25-28-20(26-27-21(28)30)15-7-9-24-10-8-15/h1-11,25H,12-13H2,(H,27,30). The van der Waals surface area contributed by atoms with Crippen molar-refractivity contribution < 1.29 is 9.13 Å². The lowest BCUT2D eigenvalue weighted by Crippen LogP contribution is -2.15. The SMILES string of the molecule is Fc1ccc(COc2ccc(CNn3c(-c4ccncc4)n[nH]c3=S)cc2)c(Cl)c1. The van der Waals surface area contributed by atoms with Crippen LogP contribution in [0.15, 0.2) is 67.0 Å². The molecule has 2 heterocycles. The molecule has 0 fully saturated rings. The normalized spacial score (nSPS) is 10.7. The molecule has 4 aromatic rings. The van der Waals surface area contributed by atoms with Crippen LogP contribution in [0.3, 0.4) is 0 Å². The molecule has 9 heteroatoms. The molecule has 0 aliphatic rings. The molecule has 0 unspecified atom stereocenters. The topological polar surface area (TPSA) is 67.8 Å². The molecule has 4 rings (SSSR count). The Balaban J connectivity index is 1.39. The fourth-order valence-corrected chi connectivity index (χ4v) is 3.23. The Morgan fingerprint density at radius 2 is 1.87 bits per heavy atom. The smallest absolute Gasteiger partial charge is 0.214 e. The molecule has 0 amide bonds. The average molecular weight is 442 g/mol. The summed E-state index contributed by atoms with van der Waals surface area (Å²) in [5.41, 5.74) is 5.92.